The lowest BCUT2D eigenvalue weighted by Gasteiger charge is -1.85. The van der Waals surface area contributed by atoms with E-state index in [1.165, 1.54) is 0 Å². The van der Waals surface area contributed by atoms with Crippen LogP contribution in [-0.2, 0) is 0 Å². The molecule has 3 aromatic heterocycles. The van der Waals surface area contributed by atoms with E-state index in [0.717, 1.165) is 4.85 Å². The van der Waals surface area contributed by atoms with Crippen molar-refractivity contribution in [2.24, 2.45) is 0 Å². The summed E-state index contributed by atoms with van der Waals surface area (Å²) in [6.45, 7) is 0. The van der Waals surface area contributed by atoms with Crippen LogP contribution in [0.2, 0.25) is 0 Å². The highest BCUT2D eigenvalue weighted by atomic mass is 16.5. The predicted octanol–water partition coefficient (Wildman–Crippen LogP) is 0.732. The van der Waals surface area contributed by atoms with Gasteiger partial charge in [0.05, 0.1) is 0 Å². The van der Waals surface area contributed by atoms with Crippen LogP contribution in [-0.4, -0.2) is 45.7 Å². The summed E-state index contributed by atoms with van der Waals surface area (Å²) in [6, 6.07) is 10.7. The molecule has 0 fully saturated rings. The summed E-state index contributed by atoms with van der Waals surface area (Å²) in [5, 5.41) is 31.9. The predicted molar refractivity (Wildman–Crippen MR) is 67.2 cm³/mol. The van der Waals surface area contributed by atoms with Gasteiger partial charge in [0.1, 0.15) is 16.6 Å². The van der Waals surface area contributed by atoms with Gasteiger partial charge in [-0.15, -0.1) is 10.2 Å². The fourth-order valence-electron chi connectivity index (χ4n) is 1.61. The van der Waals surface area contributed by atoms with E-state index in [1.807, 2.05) is 12.1 Å². The zero-order chi connectivity index (χ0) is 13.9. The van der Waals surface area contributed by atoms with Gasteiger partial charge < -0.3 is 10.4 Å². The molecule has 0 amide bonds. The first kappa shape index (κ1) is 11.8. The Balaban J connectivity index is 0.000000121. The Hall–Kier alpha value is -3.23. The molecule has 9 nitrogen and oxygen atoms in total. The molecule has 9 heteroatoms. The minimum Gasteiger partial charge on any atom is -0.410 e. The maximum absolute atomic E-state index is 8.95. The molecule has 1 aromatic carbocycles. The number of hydrogen-bond acceptors (Lipinski definition) is 7. The average Bonchev–Trinajstić information content (AvgIpc) is 3.05. The van der Waals surface area contributed by atoms with E-state index in [1.54, 1.807) is 30.5 Å². The van der Waals surface area contributed by atoms with Gasteiger partial charge in [-0.25, -0.2) is 4.98 Å². The fourth-order valence-corrected chi connectivity index (χ4v) is 1.61. The molecule has 0 aliphatic heterocycles. The van der Waals surface area contributed by atoms with E-state index in [4.69, 9.17) is 10.4 Å². The Morgan fingerprint density at radius 2 is 1.50 bits per heavy atom. The van der Waals surface area contributed by atoms with Crippen molar-refractivity contribution in [3.63, 3.8) is 0 Å². The summed E-state index contributed by atoms with van der Waals surface area (Å²) < 4.78 is 0. The van der Waals surface area contributed by atoms with E-state index in [0.29, 0.717) is 27.0 Å². The van der Waals surface area contributed by atoms with Crippen molar-refractivity contribution < 1.29 is 10.4 Å². The largest absolute Gasteiger partial charge is 0.410 e. The second kappa shape index (κ2) is 4.80. The molecule has 0 atom stereocenters. The third-order valence-corrected chi connectivity index (χ3v) is 2.53. The smallest absolute Gasteiger partial charge is 0.219 e. The topological polar surface area (TPSA) is 115 Å². The SMILES string of the molecule is On1nnc2ccccc21.On1nnc2cccnc21. The third kappa shape index (κ3) is 2.07. The van der Waals surface area contributed by atoms with Crippen LogP contribution in [0.25, 0.3) is 22.2 Å². The summed E-state index contributed by atoms with van der Waals surface area (Å²) in [7, 11) is 0. The van der Waals surface area contributed by atoms with Crippen molar-refractivity contribution in [1.82, 2.24) is 35.3 Å². The first-order valence-electron chi connectivity index (χ1n) is 5.61. The maximum atomic E-state index is 8.95. The second-order valence-corrected chi connectivity index (χ2v) is 3.79. The molecule has 3 heterocycles. The lowest BCUT2D eigenvalue weighted by atomic mass is 10.3. The van der Waals surface area contributed by atoms with Crippen molar-refractivity contribution in [2.75, 3.05) is 0 Å². The third-order valence-electron chi connectivity index (χ3n) is 2.53. The van der Waals surface area contributed by atoms with Gasteiger partial charge in [0.2, 0.25) is 5.65 Å². The number of para-hydroxylation sites is 1. The number of aromatic nitrogens is 7. The van der Waals surface area contributed by atoms with E-state index in [9.17, 15) is 0 Å². The number of rotatable bonds is 0. The summed E-state index contributed by atoms with van der Waals surface area (Å²) in [5.74, 6) is 0. The first-order chi connectivity index (χ1) is 9.75. The molecule has 2 N–H and O–H groups in total. The summed E-state index contributed by atoms with van der Waals surface area (Å²) in [6.07, 6.45) is 1.57. The Morgan fingerprint density at radius 1 is 0.800 bits per heavy atom. The molecule has 4 aromatic rings. The molecule has 0 spiro atoms. The molecule has 0 bridgehead atoms. The molecular formula is C11H9N7O2. The summed E-state index contributed by atoms with van der Waals surface area (Å²) in [4.78, 5) is 5.24. The number of fused-ring (bicyclic) bond motifs is 2. The molecular weight excluding hydrogens is 262 g/mol. The van der Waals surface area contributed by atoms with Crippen LogP contribution < -0.4 is 0 Å². The zero-order valence-electron chi connectivity index (χ0n) is 10.1. The Bertz CT molecular complexity index is 782. The second-order valence-electron chi connectivity index (χ2n) is 3.79. The van der Waals surface area contributed by atoms with E-state index in [2.05, 4.69) is 25.6 Å². The van der Waals surface area contributed by atoms with Crippen LogP contribution >= 0.6 is 0 Å². The van der Waals surface area contributed by atoms with Gasteiger partial charge >= 0.3 is 0 Å². The molecule has 100 valence electrons. The van der Waals surface area contributed by atoms with Gasteiger partial charge in [-0.05, 0) is 34.7 Å². The highest BCUT2D eigenvalue weighted by molar-refractivity contribution is 5.73. The van der Waals surface area contributed by atoms with Gasteiger partial charge in [0.15, 0.2) is 0 Å². The van der Waals surface area contributed by atoms with Crippen LogP contribution in [0.4, 0.5) is 0 Å². The van der Waals surface area contributed by atoms with E-state index in [-0.39, 0.29) is 0 Å². The Kier molecular flexibility index (Phi) is 2.84. The normalized spacial score (nSPS) is 10.4. The van der Waals surface area contributed by atoms with Crippen molar-refractivity contribution in [1.29, 1.82) is 0 Å². The lowest BCUT2D eigenvalue weighted by Crippen LogP contribution is -1.92. The van der Waals surface area contributed by atoms with Gasteiger partial charge in [0.25, 0.3) is 0 Å². The highest BCUT2D eigenvalue weighted by Crippen LogP contribution is 2.06. The molecule has 0 saturated heterocycles. The molecule has 4 rings (SSSR count). The summed E-state index contributed by atoms with van der Waals surface area (Å²) >= 11 is 0. The number of benzene rings is 1. The Labute approximate surface area is 111 Å². The van der Waals surface area contributed by atoms with Crippen LogP contribution in [0.3, 0.4) is 0 Å². The number of hydrogen-bond donors (Lipinski definition) is 2. The number of nitrogens with zero attached hydrogens (tertiary/aromatic N) is 7. The minimum atomic E-state index is 0.377. The molecule has 0 saturated carbocycles. The average molecular weight is 271 g/mol. The van der Waals surface area contributed by atoms with Crippen molar-refractivity contribution in [3.8, 4) is 0 Å². The fraction of sp³-hybridized carbons (Fsp3) is 0. The molecule has 0 radical (unpaired) electrons. The van der Waals surface area contributed by atoms with Crippen LogP contribution in [0.1, 0.15) is 0 Å². The van der Waals surface area contributed by atoms with Crippen LogP contribution in [0.15, 0.2) is 42.6 Å². The van der Waals surface area contributed by atoms with E-state index >= 15 is 0 Å². The molecule has 20 heavy (non-hydrogen) atoms. The van der Waals surface area contributed by atoms with Gasteiger partial charge in [0, 0.05) is 6.20 Å². The quantitative estimate of drug-likeness (QED) is 0.453. The zero-order valence-corrected chi connectivity index (χ0v) is 10.1. The monoisotopic (exact) mass is 271 g/mol. The van der Waals surface area contributed by atoms with E-state index < -0.39 is 0 Å². The van der Waals surface area contributed by atoms with Gasteiger partial charge in [-0.1, -0.05) is 21.8 Å². The first-order valence-corrected chi connectivity index (χ1v) is 5.61. The Morgan fingerprint density at radius 3 is 2.30 bits per heavy atom. The van der Waals surface area contributed by atoms with Crippen LogP contribution in [0, 0.1) is 0 Å². The van der Waals surface area contributed by atoms with Gasteiger partial charge in [-0.2, -0.15) is 0 Å². The molecule has 0 aliphatic rings. The van der Waals surface area contributed by atoms with Gasteiger partial charge in [-0.3, -0.25) is 0 Å². The number of pyridine rings is 1. The molecule has 0 unspecified atom stereocenters. The lowest BCUT2D eigenvalue weighted by molar-refractivity contribution is 0.153. The summed E-state index contributed by atoms with van der Waals surface area (Å²) in [5.41, 5.74) is 2.29. The van der Waals surface area contributed by atoms with Crippen molar-refractivity contribution in [3.05, 3.63) is 42.6 Å². The van der Waals surface area contributed by atoms with Crippen molar-refractivity contribution >= 4 is 22.2 Å². The minimum absolute atomic E-state index is 0.377. The highest BCUT2D eigenvalue weighted by Gasteiger charge is 2.00. The molecule has 0 aliphatic carbocycles. The standard InChI is InChI=1S/C6H5N3O.C5H4N4O/c10-9-6-4-2-1-3-5(6)7-8-9;10-9-5-4(7-8-9)2-1-3-6-5/h1-4,10H;1-3,10H. The van der Waals surface area contributed by atoms with Crippen molar-refractivity contribution in [2.45, 2.75) is 0 Å². The maximum Gasteiger partial charge on any atom is 0.219 e. The van der Waals surface area contributed by atoms with Crippen LogP contribution in [0.5, 0.6) is 0 Å².